The van der Waals surface area contributed by atoms with Gasteiger partial charge < -0.3 is 9.55 Å². The zero-order valence-corrected chi connectivity index (χ0v) is 7.88. The molecule has 68 valence electrons. The van der Waals surface area contributed by atoms with Crippen molar-refractivity contribution in [3.63, 3.8) is 0 Å². The van der Waals surface area contributed by atoms with E-state index in [9.17, 15) is 4.79 Å². The van der Waals surface area contributed by atoms with E-state index in [-0.39, 0.29) is 5.56 Å². The van der Waals surface area contributed by atoms with Crippen molar-refractivity contribution in [3.8, 4) is 0 Å². The number of hydrogen-bond acceptors (Lipinski definition) is 2. The first-order valence-corrected chi connectivity index (χ1v) is 4.12. The van der Waals surface area contributed by atoms with Gasteiger partial charge in [-0.3, -0.25) is 4.79 Å². The van der Waals surface area contributed by atoms with E-state index in [1.165, 1.54) is 6.33 Å². The Balaban J connectivity index is 3.12. The van der Waals surface area contributed by atoms with Crippen LogP contribution in [0.5, 0.6) is 0 Å². The SMILES string of the molecule is Cc1c(C)n(C)c2nc[nH]c(=O)c12. The molecule has 2 aromatic rings. The molecule has 0 saturated carbocycles. The lowest BCUT2D eigenvalue weighted by molar-refractivity contribution is 0.892. The van der Waals surface area contributed by atoms with E-state index < -0.39 is 0 Å². The first-order valence-electron chi connectivity index (χ1n) is 4.12. The van der Waals surface area contributed by atoms with E-state index in [2.05, 4.69) is 9.97 Å². The van der Waals surface area contributed by atoms with Gasteiger partial charge in [0.15, 0.2) is 0 Å². The number of fused-ring (bicyclic) bond motifs is 1. The number of H-pyrrole nitrogens is 1. The van der Waals surface area contributed by atoms with E-state index in [4.69, 9.17) is 0 Å². The van der Waals surface area contributed by atoms with Gasteiger partial charge in [0.1, 0.15) is 5.65 Å². The van der Waals surface area contributed by atoms with Crippen LogP contribution < -0.4 is 5.56 Å². The highest BCUT2D eigenvalue weighted by molar-refractivity contribution is 5.80. The van der Waals surface area contributed by atoms with Gasteiger partial charge in [-0.2, -0.15) is 0 Å². The Hall–Kier alpha value is -1.58. The molecule has 4 nitrogen and oxygen atoms in total. The molecule has 0 unspecified atom stereocenters. The molecule has 13 heavy (non-hydrogen) atoms. The van der Waals surface area contributed by atoms with Gasteiger partial charge >= 0.3 is 0 Å². The van der Waals surface area contributed by atoms with Crippen molar-refractivity contribution in [1.29, 1.82) is 0 Å². The molecule has 0 aromatic carbocycles. The zero-order chi connectivity index (χ0) is 9.59. The number of nitrogens with zero attached hydrogens (tertiary/aromatic N) is 2. The fourth-order valence-electron chi connectivity index (χ4n) is 1.57. The Kier molecular flexibility index (Phi) is 1.52. The van der Waals surface area contributed by atoms with Crippen LogP contribution in [0.1, 0.15) is 11.3 Å². The van der Waals surface area contributed by atoms with Crippen LogP contribution in [0, 0.1) is 13.8 Å². The van der Waals surface area contributed by atoms with Gasteiger partial charge in [0.2, 0.25) is 0 Å². The summed E-state index contributed by atoms with van der Waals surface area (Å²) >= 11 is 0. The normalized spacial score (nSPS) is 11.0. The highest BCUT2D eigenvalue weighted by Gasteiger charge is 2.11. The summed E-state index contributed by atoms with van der Waals surface area (Å²) in [6, 6.07) is 0. The van der Waals surface area contributed by atoms with Gasteiger partial charge in [0.25, 0.3) is 5.56 Å². The largest absolute Gasteiger partial charge is 0.332 e. The maximum absolute atomic E-state index is 11.5. The minimum atomic E-state index is -0.0637. The van der Waals surface area contributed by atoms with Gasteiger partial charge in [-0.1, -0.05) is 0 Å². The van der Waals surface area contributed by atoms with E-state index in [1.54, 1.807) is 0 Å². The fraction of sp³-hybridized carbons (Fsp3) is 0.333. The molecule has 0 aliphatic carbocycles. The summed E-state index contributed by atoms with van der Waals surface area (Å²) in [7, 11) is 1.91. The average Bonchev–Trinajstić information content (AvgIpc) is 2.33. The van der Waals surface area contributed by atoms with Crippen molar-refractivity contribution < 1.29 is 0 Å². The third kappa shape index (κ3) is 0.915. The predicted molar refractivity (Wildman–Crippen MR) is 50.8 cm³/mol. The molecule has 2 aromatic heterocycles. The van der Waals surface area contributed by atoms with E-state index in [0.29, 0.717) is 5.39 Å². The minimum absolute atomic E-state index is 0.0637. The number of aromatic nitrogens is 3. The van der Waals surface area contributed by atoms with Crippen molar-refractivity contribution in [2.75, 3.05) is 0 Å². The topological polar surface area (TPSA) is 50.7 Å². The van der Waals surface area contributed by atoms with Crippen LogP contribution >= 0.6 is 0 Å². The molecule has 0 radical (unpaired) electrons. The van der Waals surface area contributed by atoms with Crippen LogP contribution in [0.2, 0.25) is 0 Å². The highest BCUT2D eigenvalue weighted by Crippen LogP contribution is 2.17. The van der Waals surface area contributed by atoms with Gasteiger partial charge in [-0.05, 0) is 19.4 Å². The molecule has 0 bridgehead atoms. The van der Waals surface area contributed by atoms with Crippen LogP contribution in [0.3, 0.4) is 0 Å². The molecule has 4 heteroatoms. The van der Waals surface area contributed by atoms with Gasteiger partial charge in [0.05, 0.1) is 11.7 Å². The summed E-state index contributed by atoms with van der Waals surface area (Å²) in [5.41, 5.74) is 2.77. The monoisotopic (exact) mass is 177 g/mol. The first kappa shape index (κ1) is 8.04. The Morgan fingerprint density at radius 2 is 2.15 bits per heavy atom. The van der Waals surface area contributed by atoms with Crippen molar-refractivity contribution >= 4 is 11.0 Å². The zero-order valence-electron chi connectivity index (χ0n) is 7.88. The van der Waals surface area contributed by atoms with E-state index in [1.807, 2.05) is 25.5 Å². The van der Waals surface area contributed by atoms with E-state index in [0.717, 1.165) is 16.9 Å². The second-order valence-electron chi connectivity index (χ2n) is 3.20. The minimum Gasteiger partial charge on any atom is -0.332 e. The van der Waals surface area contributed by atoms with Crippen molar-refractivity contribution in [2.45, 2.75) is 13.8 Å². The number of rotatable bonds is 0. The quantitative estimate of drug-likeness (QED) is 0.649. The molecular formula is C9H11N3O. The highest BCUT2D eigenvalue weighted by atomic mass is 16.1. The molecule has 0 aliphatic heterocycles. The maximum atomic E-state index is 11.5. The first-order chi connectivity index (χ1) is 6.13. The Bertz CT molecular complexity index is 521. The average molecular weight is 177 g/mol. The van der Waals surface area contributed by atoms with Crippen LogP contribution in [0.4, 0.5) is 0 Å². The molecule has 1 N–H and O–H groups in total. The Morgan fingerprint density at radius 3 is 2.77 bits per heavy atom. The summed E-state index contributed by atoms with van der Waals surface area (Å²) < 4.78 is 1.93. The van der Waals surface area contributed by atoms with Crippen LogP contribution in [0.15, 0.2) is 11.1 Å². The van der Waals surface area contributed by atoms with Crippen molar-refractivity contribution in [2.24, 2.45) is 7.05 Å². The summed E-state index contributed by atoms with van der Waals surface area (Å²) in [6.45, 7) is 3.92. The number of aromatic amines is 1. The third-order valence-corrected chi connectivity index (χ3v) is 2.57. The van der Waals surface area contributed by atoms with Crippen LogP contribution in [-0.2, 0) is 7.05 Å². The second kappa shape index (κ2) is 2.45. The summed E-state index contributed by atoms with van der Waals surface area (Å²) in [4.78, 5) is 18.2. The van der Waals surface area contributed by atoms with Gasteiger partial charge in [0, 0.05) is 12.7 Å². The van der Waals surface area contributed by atoms with Crippen LogP contribution in [0.25, 0.3) is 11.0 Å². The molecule has 0 spiro atoms. The predicted octanol–water partition coefficient (Wildman–Crippen LogP) is 0.878. The summed E-state index contributed by atoms with van der Waals surface area (Å²) in [6.07, 6.45) is 1.43. The molecule has 0 saturated heterocycles. The van der Waals surface area contributed by atoms with Crippen molar-refractivity contribution in [3.05, 3.63) is 27.9 Å². The molecule has 0 atom stereocenters. The van der Waals surface area contributed by atoms with Gasteiger partial charge in [-0.25, -0.2) is 4.98 Å². The smallest absolute Gasteiger partial charge is 0.260 e. The molecule has 2 heterocycles. The lowest BCUT2D eigenvalue weighted by atomic mass is 10.2. The third-order valence-electron chi connectivity index (χ3n) is 2.57. The van der Waals surface area contributed by atoms with Crippen molar-refractivity contribution in [1.82, 2.24) is 14.5 Å². The fourth-order valence-corrected chi connectivity index (χ4v) is 1.57. The maximum Gasteiger partial charge on any atom is 0.260 e. The summed E-state index contributed by atoms with van der Waals surface area (Å²) in [5.74, 6) is 0. The summed E-state index contributed by atoms with van der Waals surface area (Å²) in [5, 5.41) is 0.697. The Labute approximate surface area is 75.2 Å². The molecule has 0 fully saturated rings. The molecule has 0 aliphatic rings. The number of aryl methyl sites for hydroxylation is 2. The van der Waals surface area contributed by atoms with Gasteiger partial charge in [-0.15, -0.1) is 0 Å². The Morgan fingerprint density at radius 1 is 1.46 bits per heavy atom. The lowest BCUT2D eigenvalue weighted by Crippen LogP contribution is -2.06. The van der Waals surface area contributed by atoms with Crippen LogP contribution in [-0.4, -0.2) is 14.5 Å². The standard InChI is InChI=1S/C9H11N3O/c1-5-6(2)12(3)8-7(5)9(13)11-4-10-8/h4H,1-3H3,(H,10,11,13). The lowest BCUT2D eigenvalue weighted by Gasteiger charge is -1.95. The molecule has 0 amide bonds. The molecule has 2 rings (SSSR count). The number of nitrogens with one attached hydrogen (secondary N) is 1. The van der Waals surface area contributed by atoms with E-state index >= 15 is 0 Å². The molecular weight excluding hydrogens is 166 g/mol. The number of hydrogen-bond donors (Lipinski definition) is 1. The second-order valence-corrected chi connectivity index (χ2v) is 3.20.